The minimum Gasteiger partial charge on any atom is -0.496 e. The molecule has 21 heavy (non-hydrogen) atoms. The lowest BCUT2D eigenvalue weighted by Gasteiger charge is -2.19. The van der Waals surface area contributed by atoms with Gasteiger partial charge in [0.15, 0.2) is 4.60 Å². The van der Waals surface area contributed by atoms with E-state index in [1.165, 1.54) is 18.9 Å². The SMILES string of the molecule is COc1cc(OC)c(C(O)c2c(Br)nnn2C)c(OC)c1. The quantitative estimate of drug-likeness (QED) is 0.876. The fourth-order valence-corrected chi connectivity index (χ4v) is 2.61. The van der Waals surface area contributed by atoms with E-state index in [-0.39, 0.29) is 0 Å². The van der Waals surface area contributed by atoms with E-state index < -0.39 is 6.10 Å². The first-order valence-electron chi connectivity index (χ1n) is 6.06. The number of ether oxygens (including phenoxy) is 3. The number of aryl methyl sites for hydroxylation is 1. The maximum Gasteiger partial charge on any atom is 0.154 e. The molecule has 0 saturated carbocycles. The van der Waals surface area contributed by atoms with Crippen LogP contribution in [0.2, 0.25) is 0 Å². The molecule has 1 N–H and O–H groups in total. The maximum atomic E-state index is 10.7. The molecular weight excluding hydrogens is 342 g/mol. The highest BCUT2D eigenvalue weighted by Gasteiger charge is 2.27. The van der Waals surface area contributed by atoms with Gasteiger partial charge in [0.05, 0.1) is 26.9 Å². The van der Waals surface area contributed by atoms with E-state index in [2.05, 4.69) is 26.2 Å². The van der Waals surface area contributed by atoms with Crippen molar-refractivity contribution in [1.29, 1.82) is 0 Å². The number of nitrogens with zero attached hydrogens (tertiary/aromatic N) is 3. The zero-order valence-electron chi connectivity index (χ0n) is 12.1. The molecule has 0 bridgehead atoms. The second-order valence-corrected chi connectivity index (χ2v) is 4.99. The van der Waals surface area contributed by atoms with Crippen LogP contribution in [0.15, 0.2) is 16.7 Å². The van der Waals surface area contributed by atoms with Crippen molar-refractivity contribution in [2.24, 2.45) is 7.05 Å². The van der Waals surface area contributed by atoms with E-state index in [0.29, 0.717) is 33.1 Å². The second-order valence-electron chi connectivity index (χ2n) is 4.24. The molecular formula is C13H16BrN3O4. The number of aliphatic hydroxyl groups is 1. The summed E-state index contributed by atoms with van der Waals surface area (Å²) in [6.45, 7) is 0. The summed E-state index contributed by atoms with van der Waals surface area (Å²) in [6, 6.07) is 3.36. The van der Waals surface area contributed by atoms with Crippen molar-refractivity contribution in [2.45, 2.75) is 6.10 Å². The molecule has 2 rings (SSSR count). The average Bonchev–Trinajstić information content (AvgIpc) is 2.84. The molecule has 0 fully saturated rings. The number of aliphatic hydroxyl groups excluding tert-OH is 1. The fraction of sp³-hybridized carbons (Fsp3) is 0.385. The highest BCUT2D eigenvalue weighted by atomic mass is 79.9. The first-order chi connectivity index (χ1) is 10.0. The second kappa shape index (κ2) is 6.31. The van der Waals surface area contributed by atoms with Crippen molar-refractivity contribution in [3.63, 3.8) is 0 Å². The lowest BCUT2D eigenvalue weighted by molar-refractivity contribution is 0.198. The first-order valence-corrected chi connectivity index (χ1v) is 6.85. The van der Waals surface area contributed by atoms with Crippen LogP contribution >= 0.6 is 15.9 Å². The van der Waals surface area contributed by atoms with Gasteiger partial charge < -0.3 is 19.3 Å². The summed E-state index contributed by atoms with van der Waals surface area (Å²) in [6.07, 6.45) is -1.02. The summed E-state index contributed by atoms with van der Waals surface area (Å²) in [5.74, 6) is 1.47. The third kappa shape index (κ3) is 2.81. The molecule has 0 radical (unpaired) electrons. The van der Waals surface area contributed by atoms with Crippen LogP contribution in [0.5, 0.6) is 17.2 Å². The zero-order valence-corrected chi connectivity index (χ0v) is 13.7. The summed E-state index contributed by atoms with van der Waals surface area (Å²) < 4.78 is 17.8. The van der Waals surface area contributed by atoms with Gasteiger partial charge in [0.2, 0.25) is 0 Å². The lowest BCUT2D eigenvalue weighted by Crippen LogP contribution is -2.10. The highest BCUT2D eigenvalue weighted by molar-refractivity contribution is 9.10. The van der Waals surface area contributed by atoms with Crippen LogP contribution in [0.1, 0.15) is 17.4 Å². The Hall–Kier alpha value is -1.80. The predicted octanol–water partition coefficient (Wildman–Crippen LogP) is 1.69. The normalized spacial score (nSPS) is 12.1. The van der Waals surface area contributed by atoms with E-state index in [9.17, 15) is 5.11 Å². The standard InChI is InChI=1S/C13H16BrN3O4/c1-17-11(13(14)15-16-17)12(18)10-8(20-3)5-7(19-2)6-9(10)21-4/h5-6,12,18H,1-4H3. The minimum atomic E-state index is -1.02. The van der Waals surface area contributed by atoms with E-state index in [4.69, 9.17) is 14.2 Å². The summed E-state index contributed by atoms with van der Waals surface area (Å²) in [5.41, 5.74) is 0.976. The maximum absolute atomic E-state index is 10.7. The van der Waals surface area contributed by atoms with E-state index in [1.54, 1.807) is 26.3 Å². The molecule has 1 heterocycles. The topological polar surface area (TPSA) is 78.6 Å². The largest absolute Gasteiger partial charge is 0.496 e. The van der Waals surface area contributed by atoms with Crippen LogP contribution < -0.4 is 14.2 Å². The van der Waals surface area contributed by atoms with Crippen molar-refractivity contribution in [3.8, 4) is 17.2 Å². The van der Waals surface area contributed by atoms with Crippen LogP contribution in [0.25, 0.3) is 0 Å². The van der Waals surface area contributed by atoms with Crippen molar-refractivity contribution in [1.82, 2.24) is 15.0 Å². The van der Waals surface area contributed by atoms with E-state index in [0.717, 1.165) is 0 Å². The molecule has 1 aromatic carbocycles. The van der Waals surface area contributed by atoms with Crippen LogP contribution in [0.4, 0.5) is 0 Å². The van der Waals surface area contributed by atoms with Crippen molar-refractivity contribution < 1.29 is 19.3 Å². The van der Waals surface area contributed by atoms with Gasteiger partial charge in [-0.25, -0.2) is 4.68 Å². The van der Waals surface area contributed by atoms with Crippen LogP contribution in [-0.2, 0) is 7.05 Å². The Bertz CT molecular complexity index is 600. The molecule has 0 aliphatic carbocycles. The molecule has 114 valence electrons. The first kappa shape index (κ1) is 15.6. The fourth-order valence-electron chi connectivity index (χ4n) is 2.07. The van der Waals surface area contributed by atoms with Crippen LogP contribution in [0.3, 0.4) is 0 Å². The molecule has 1 unspecified atom stereocenters. The Labute approximate surface area is 130 Å². The molecule has 0 saturated heterocycles. The number of rotatable bonds is 5. The van der Waals surface area contributed by atoms with E-state index >= 15 is 0 Å². The summed E-state index contributed by atoms with van der Waals surface area (Å²) in [5, 5.41) is 18.4. The number of hydrogen-bond acceptors (Lipinski definition) is 6. The van der Waals surface area contributed by atoms with Gasteiger partial charge in [-0.3, -0.25) is 0 Å². The van der Waals surface area contributed by atoms with Crippen LogP contribution in [0, 0.1) is 0 Å². The van der Waals surface area contributed by atoms with Gasteiger partial charge in [-0.1, -0.05) is 5.21 Å². The third-order valence-electron chi connectivity index (χ3n) is 3.11. The zero-order chi connectivity index (χ0) is 15.6. The molecule has 1 atom stereocenters. The summed E-state index contributed by atoms with van der Waals surface area (Å²) >= 11 is 3.28. The Kier molecular flexibility index (Phi) is 4.69. The molecule has 8 heteroatoms. The molecule has 0 spiro atoms. The number of hydrogen-bond donors (Lipinski definition) is 1. The van der Waals surface area contributed by atoms with E-state index in [1.807, 2.05) is 0 Å². The Balaban J connectivity index is 2.61. The Morgan fingerprint density at radius 2 is 1.71 bits per heavy atom. The predicted molar refractivity (Wildman–Crippen MR) is 78.9 cm³/mol. The molecule has 0 amide bonds. The van der Waals surface area contributed by atoms with Gasteiger partial charge in [-0.05, 0) is 15.9 Å². The lowest BCUT2D eigenvalue weighted by atomic mass is 10.0. The molecule has 7 nitrogen and oxygen atoms in total. The van der Waals surface area contributed by atoms with Crippen molar-refractivity contribution in [2.75, 3.05) is 21.3 Å². The van der Waals surface area contributed by atoms with Gasteiger partial charge in [0, 0.05) is 19.2 Å². The minimum absolute atomic E-state index is 0.451. The Morgan fingerprint density at radius 1 is 1.14 bits per heavy atom. The summed E-state index contributed by atoms with van der Waals surface area (Å²) in [4.78, 5) is 0. The van der Waals surface area contributed by atoms with Gasteiger partial charge in [-0.2, -0.15) is 0 Å². The smallest absolute Gasteiger partial charge is 0.154 e. The van der Waals surface area contributed by atoms with Gasteiger partial charge in [-0.15, -0.1) is 5.10 Å². The monoisotopic (exact) mass is 357 g/mol. The molecule has 0 aliphatic rings. The average molecular weight is 358 g/mol. The molecule has 2 aromatic rings. The molecule has 1 aromatic heterocycles. The van der Waals surface area contributed by atoms with Gasteiger partial charge in [0.1, 0.15) is 29.0 Å². The van der Waals surface area contributed by atoms with Crippen molar-refractivity contribution in [3.05, 3.63) is 28.0 Å². The van der Waals surface area contributed by atoms with Gasteiger partial charge in [0.25, 0.3) is 0 Å². The van der Waals surface area contributed by atoms with Gasteiger partial charge >= 0.3 is 0 Å². The Morgan fingerprint density at radius 3 is 2.10 bits per heavy atom. The highest BCUT2D eigenvalue weighted by Crippen LogP contribution is 2.41. The number of halogens is 1. The number of benzene rings is 1. The third-order valence-corrected chi connectivity index (χ3v) is 3.68. The summed E-state index contributed by atoms with van der Waals surface area (Å²) in [7, 11) is 6.27. The number of methoxy groups -OCH3 is 3. The van der Waals surface area contributed by atoms with Crippen molar-refractivity contribution >= 4 is 15.9 Å². The molecule has 0 aliphatic heterocycles. The number of aromatic nitrogens is 3. The van der Waals surface area contributed by atoms with Crippen LogP contribution in [-0.4, -0.2) is 41.4 Å².